The molecule has 2 aliphatic heterocycles. The van der Waals surface area contributed by atoms with E-state index in [1.807, 2.05) is 30.3 Å². The smallest absolute Gasteiger partial charge is 0.119 e. The van der Waals surface area contributed by atoms with Crippen LogP contribution in [0.4, 0.5) is 0 Å². The molecule has 0 amide bonds. The fourth-order valence-electron chi connectivity index (χ4n) is 5.16. The zero-order valence-corrected chi connectivity index (χ0v) is 16.3. The van der Waals surface area contributed by atoms with E-state index in [1.165, 1.54) is 18.4 Å². The van der Waals surface area contributed by atoms with E-state index in [9.17, 15) is 5.11 Å². The highest BCUT2D eigenvalue weighted by atomic mass is 16.5. The molecule has 4 heteroatoms. The van der Waals surface area contributed by atoms with Crippen LogP contribution in [0, 0.1) is 11.8 Å². The summed E-state index contributed by atoms with van der Waals surface area (Å²) in [6, 6.07) is 22.0. The van der Waals surface area contributed by atoms with Crippen LogP contribution in [0.2, 0.25) is 0 Å². The minimum Gasteiger partial charge on any atom is -0.491 e. The van der Waals surface area contributed by atoms with E-state index in [-0.39, 0.29) is 0 Å². The molecule has 6 rings (SSSR count). The van der Waals surface area contributed by atoms with Crippen molar-refractivity contribution in [3.63, 3.8) is 0 Å². The van der Waals surface area contributed by atoms with Crippen LogP contribution in [0.5, 0.6) is 5.75 Å². The maximum Gasteiger partial charge on any atom is 0.119 e. The Morgan fingerprint density at radius 2 is 1.64 bits per heavy atom. The van der Waals surface area contributed by atoms with Gasteiger partial charge in [0.25, 0.3) is 0 Å². The average Bonchev–Trinajstić information content (AvgIpc) is 3.52. The number of para-hydroxylation sites is 1. The van der Waals surface area contributed by atoms with Gasteiger partial charge in [-0.05, 0) is 42.4 Å². The summed E-state index contributed by atoms with van der Waals surface area (Å²) in [6.07, 6.45) is 2.18. The molecule has 2 aromatic rings. The van der Waals surface area contributed by atoms with Crippen molar-refractivity contribution in [3.05, 3.63) is 66.2 Å². The number of benzene rings is 2. The summed E-state index contributed by atoms with van der Waals surface area (Å²) in [7, 11) is 0. The standard InChI is InChI=1S/C24H30N2O2/c27-20(16-28-21-9-5-2-6-10-21)15-26-13-18-11-19(14-26)24(18)25-23-12-22(23)17-7-3-1-4-8-17/h1-10,18-20,22-25,27H,11-16H2/t18-,19+,20?,22?,23-,24-/m1/s1. The lowest BCUT2D eigenvalue weighted by Crippen LogP contribution is -2.64. The highest BCUT2D eigenvalue weighted by Crippen LogP contribution is 2.46. The van der Waals surface area contributed by atoms with E-state index in [2.05, 4.69) is 40.5 Å². The summed E-state index contributed by atoms with van der Waals surface area (Å²) in [5.41, 5.74) is 1.48. The topological polar surface area (TPSA) is 44.7 Å². The summed E-state index contributed by atoms with van der Waals surface area (Å²) < 4.78 is 5.69. The maximum atomic E-state index is 10.4. The van der Waals surface area contributed by atoms with Gasteiger partial charge < -0.3 is 15.2 Å². The fraction of sp³-hybridized carbons (Fsp3) is 0.500. The molecule has 0 radical (unpaired) electrons. The first-order chi connectivity index (χ1) is 13.8. The van der Waals surface area contributed by atoms with Gasteiger partial charge in [-0.25, -0.2) is 0 Å². The summed E-state index contributed by atoms with van der Waals surface area (Å²) >= 11 is 0. The molecule has 2 bridgehead atoms. The molecule has 2 aromatic carbocycles. The van der Waals surface area contributed by atoms with Crippen LogP contribution in [0.15, 0.2) is 60.7 Å². The highest BCUT2D eigenvalue weighted by molar-refractivity contribution is 5.28. The van der Waals surface area contributed by atoms with Crippen molar-refractivity contribution in [2.24, 2.45) is 11.8 Å². The predicted molar refractivity (Wildman–Crippen MR) is 110 cm³/mol. The fourth-order valence-corrected chi connectivity index (χ4v) is 5.16. The third kappa shape index (κ3) is 3.95. The molecule has 2 saturated carbocycles. The first-order valence-electron chi connectivity index (χ1n) is 10.7. The first-order valence-corrected chi connectivity index (χ1v) is 10.7. The number of aliphatic hydroxyl groups excluding tert-OH is 1. The predicted octanol–water partition coefficient (Wildman–Crippen LogP) is 2.89. The van der Waals surface area contributed by atoms with Gasteiger partial charge >= 0.3 is 0 Å². The first kappa shape index (κ1) is 18.2. The van der Waals surface area contributed by atoms with Gasteiger partial charge in [0.2, 0.25) is 0 Å². The zero-order valence-electron chi connectivity index (χ0n) is 16.3. The van der Waals surface area contributed by atoms with Gasteiger partial charge in [0.1, 0.15) is 18.5 Å². The van der Waals surface area contributed by atoms with E-state index in [0.29, 0.717) is 31.2 Å². The maximum absolute atomic E-state index is 10.4. The van der Waals surface area contributed by atoms with Crippen molar-refractivity contribution in [2.45, 2.75) is 36.9 Å². The second-order valence-corrected chi connectivity index (χ2v) is 8.80. The molecule has 148 valence electrons. The summed E-state index contributed by atoms with van der Waals surface area (Å²) in [4.78, 5) is 2.43. The third-order valence-corrected chi connectivity index (χ3v) is 6.69. The van der Waals surface area contributed by atoms with Crippen LogP contribution in [0.1, 0.15) is 24.3 Å². The highest BCUT2D eigenvalue weighted by Gasteiger charge is 2.50. The summed E-state index contributed by atoms with van der Waals surface area (Å²) in [5.74, 6) is 3.00. The van der Waals surface area contributed by atoms with E-state index < -0.39 is 6.10 Å². The van der Waals surface area contributed by atoms with Crippen LogP contribution >= 0.6 is 0 Å². The minimum atomic E-state index is -0.435. The number of fused-ring (bicyclic) bond motifs is 2. The average molecular weight is 379 g/mol. The monoisotopic (exact) mass is 378 g/mol. The Labute approximate surface area is 167 Å². The van der Waals surface area contributed by atoms with Gasteiger partial charge in [-0.2, -0.15) is 0 Å². The quantitative estimate of drug-likeness (QED) is 0.741. The van der Waals surface area contributed by atoms with Crippen LogP contribution in [0.25, 0.3) is 0 Å². The van der Waals surface area contributed by atoms with E-state index >= 15 is 0 Å². The van der Waals surface area contributed by atoms with Crippen LogP contribution < -0.4 is 10.1 Å². The number of ether oxygens (including phenoxy) is 1. The van der Waals surface area contributed by atoms with Crippen molar-refractivity contribution in [1.29, 1.82) is 0 Å². The van der Waals surface area contributed by atoms with Crippen LogP contribution in [0.3, 0.4) is 0 Å². The molecule has 2 unspecified atom stereocenters. The van der Waals surface area contributed by atoms with Crippen molar-refractivity contribution in [1.82, 2.24) is 10.2 Å². The van der Waals surface area contributed by atoms with Crippen molar-refractivity contribution < 1.29 is 9.84 Å². The SMILES string of the molecule is OC(COc1ccccc1)CN1C[C@H]2C[C@@H](C1)[C@@H]2N[C@@H]1CC1c1ccccc1. The zero-order chi connectivity index (χ0) is 18.9. The number of nitrogens with one attached hydrogen (secondary N) is 1. The molecule has 2 saturated heterocycles. The van der Waals surface area contributed by atoms with Gasteiger partial charge in [-0.15, -0.1) is 0 Å². The van der Waals surface area contributed by atoms with Gasteiger partial charge in [-0.1, -0.05) is 48.5 Å². The van der Waals surface area contributed by atoms with E-state index in [4.69, 9.17) is 4.74 Å². The largest absolute Gasteiger partial charge is 0.491 e. The van der Waals surface area contributed by atoms with Gasteiger partial charge in [0.05, 0.1) is 0 Å². The number of nitrogens with zero attached hydrogens (tertiary/aromatic N) is 1. The molecule has 28 heavy (non-hydrogen) atoms. The minimum absolute atomic E-state index is 0.359. The Hall–Kier alpha value is -1.88. The van der Waals surface area contributed by atoms with E-state index in [0.717, 1.165) is 30.7 Å². The molecule has 4 nitrogen and oxygen atoms in total. The molecule has 0 aromatic heterocycles. The molecule has 2 heterocycles. The Kier molecular flexibility index (Phi) is 5.10. The summed E-state index contributed by atoms with van der Waals surface area (Å²) in [6.45, 7) is 3.26. The molecule has 4 aliphatic rings. The Balaban J connectivity index is 1.05. The number of rotatable bonds is 8. The normalized spacial score (nSPS) is 32.4. The number of hydrogen-bond donors (Lipinski definition) is 2. The Morgan fingerprint density at radius 1 is 0.964 bits per heavy atom. The van der Waals surface area contributed by atoms with Crippen molar-refractivity contribution >= 4 is 0 Å². The molecular formula is C24H30N2O2. The molecule has 4 fully saturated rings. The van der Waals surface area contributed by atoms with Crippen LogP contribution in [-0.2, 0) is 0 Å². The van der Waals surface area contributed by atoms with Crippen molar-refractivity contribution in [3.8, 4) is 5.75 Å². The van der Waals surface area contributed by atoms with Gasteiger partial charge in [0.15, 0.2) is 0 Å². The molecule has 2 N–H and O–H groups in total. The molecule has 6 atom stereocenters. The van der Waals surface area contributed by atoms with Crippen LogP contribution in [-0.4, -0.2) is 54.4 Å². The van der Waals surface area contributed by atoms with Crippen molar-refractivity contribution in [2.75, 3.05) is 26.2 Å². The van der Waals surface area contributed by atoms with Gasteiger partial charge in [0, 0.05) is 37.6 Å². The molecule has 2 aliphatic carbocycles. The lowest BCUT2D eigenvalue weighted by atomic mass is 9.66. The summed E-state index contributed by atoms with van der Waals surface area (Å²) in [5, 5.41) is 14.3. The number of piperidine rings is 2. The lowest BCUT2D eigenvalue weighted by Gasteiger charge is -2.54. The number of aliphatic hydroxyl groups is 1. The van der Waals surface area contributed by atoms with Gasteiger partial charge in [-0.3, -0.25) is 4.90 Å². The molecular weight excluding hydrogens is 348 g/mol. The second kappa shape index (κ2) is 7.86. The molecule has 0 spiro atoms. The number of hydrogen-bond acceptors (Lipinski definition) is 4. The lowest BCUT2D eigenvalue weighted by molar-refractivity contribution is -0.0379. The Morgan fingerprint density at radius 3 is 2.36 bits per heavy atom. The Bertz CT molecular complexity index is 757. The van der Waals surface area contributed by atoms with E-state index in [1.54, 1.807) is 0 Å². The second-order valence-electron chi connectivity index (χ2n) is 8.80. The third-order valence-electron chi connectivity index (χ3n) is 6.69.